The number of carboxylic acids is 1. The molecule has 0 spiro atoms. The molecule has 2 aliphatic rings. The quantitative estimate of drug-likeness (QED) is 0.0609. The number of fused-ring (bicyclic) bond motifs is 6. The van der Waals surface area contributed by atoms with Gasteiger partial charge in [-0.2, -0.15) is 5.26 Å². The lowest BCUT2D eigenvalue weighted by Crippen LogP contribution is -2.26. The highest BCUT2D eigenvalue weighted by atomic mass is 32.1. The molecule has 0 aliphatic heterocycles. The Balaban J connectivity index is 1.19. The lowest BCUT2D eigenvalue weighted by molar-refractivity contribution is -0.132. The molecule has 0 saturated carbocycles. The van der Waals surface area contributed by atoms with E-state index in [4.69, 9.17) is 4.74 Å². The van der Waals surface area contributed by atoms with Crippen LogP contribution in [0.2, 0.25) is 0 Å². The lowest BCUT2D eigenvalue weighted by atomic mass is 9.70. The summed E-state index contributed by atoms with van der Waals surface area (Å²) in [6.07, 6.45) is 15.4. The first-order valence-corrected chi connectivity index (χ1v) is 26.4. The molecule has 5 nitrogen and oxygen atoms in total. The van der Waals surface area contributed by atoms with E-state index in [2.05, 4.69) is 148 Å². The van der Waals surface area contributed by atoms with Crippen LogP contribution < -0.4 is 9.64 Å². The van der Waals surface area contributed by atoms with Crippen LogP contribution in [0.25, 0.3) is 48.5 Å². The van der Waals surface area contributed by atoms with Gasteiger partial charge in [0.05, 0.1) is 12.0 Å². The minimum atomic E-state index is -1.23. The molecule has 68 heavy (non-hydrogen) atoms. The number of thiophene rings is 2. The third kappa shape index (κ3) is 8.41. The molecule has 9 rings (SSSR count). The molecule has 0 radical (unpaired) electrons. The first-order chi connectivity index (χ1) is 33.2. The van der Waals surface area contributed by atoms with E-state index in [-0.39, 0.29) is 16.4 Å². The van der Waals surface area contributed by atoms with Crippen LogP contribution in [0.1, 0.15) is 132 Å². The lowest BCUT2D eigenvalue weighted by Gasteiger charge is -2.35. The van der Waals surface area contributed by atoms with Crippen LogP contribution in [-0.2, 0) is 15.6 Å². The van der Waals surface area contributed by atoms with Gasteiger partial charge in [-0.1, -0.05) is 152 Å². The summed E-state index contributed by atoms with van der Waals surface area (Å²) in [6, 6.07) is 49.7. The zero-order chi connectivity index (χ0) is 47.4. The molecule has 5 aromatic carbocycles. The fraction of sp³-hybridized carbons (Fsp3) is 0.311. The van der Waals surface area contributed by atoms with E-state index in [1.807, 2.05) is 12.1 Å². The van der Waals surface area contributed by atoms with Gasteiger partial charge in [0.15, 0.2) is 0 Å². The Bertz CT molecular complexity index is 2880. The van der Waals surface area contributed by atoms with E-state index in [1.165, 1.54) is 99.0 Å². The van der Waals surface area contributed by atoms with Gasteiger partial charge >= 0.3 is 5.97 Å². The van der Waals surface area contributed by atoms with Gasteiger partial charge in [-0.15, -0.1) is 22.7 Å². The second-order valence-corrected chi connectivity index (χ2v) is 20.9. The van der Waals surface area contributed by atoms with Crippen molar-refractivity contribution in [2.45, 2.75) is 116 Å². The number of rotatable bonds is 20. The molecule has 0 saturated heterocycles. The number of hydrogen-bond donors (Lipinski definition) is 1. The summed E-state index contributed by atoms with van der Waals surface area (Å²) in [5.41, 5.74) is 15.5. The number of carbonyl (C=O) groups is 1. The molecule has 0 fully saturated rings. The Morgan fingerprint density at radius 2 is 1.09 bits per heavy atom. The van der Waals surface area contributed by atoms with Gasteiger partial charge in [0, 0.05) is 48.6 Å². The largest absolute Gasteiger partial charge is 0.495 e. The average molecular weight is 935 g/mol. The van der Waals surface area contributed by atoms with Crippen LogP contribution in [-0.4, -0.2) is 18.2 Å². The van der Waals surface area contributed by atoms with Crippen LogP contribution >= 0.6 is 22.7 Å². The molecule has 2 aromatic heterocycles. The predicted molar refractivity (Wildman–Crippen MR) is 286 cm³/mol. The molecule has 7 heteroatoms. The van der Waals surface area contributed by atoms with Crippen LogP contribution in [0, 0.1) is 11.3 Å². The predicted octanol–water partition coefficient (Wildman–Crippen LogP) is 17.9. The Kier molecular flexibility index (Phi) is 13.9. The first kappa shape index (κ1) is 46.9. The maximum Gasteiger partial charge on any atom is 0.346 e. The highest BCUT2D eigenvalue weighted by Gasteiger charge is 2.44. The Morgan fingerprint density at radius 1 is 0.603 bits per heavy atom. The first-order valence-electron chi connectivity index (χ1n) is 24.8. The molecule has 7 aromatic rings. The number of ether oxygens (including phenoxy) is 1. The normalized spacial score (nSPS) is 13.9. The number of nitriles is 1. The van der Waals surface area contributed by atoms with Crippen molar-refractivity contribution in [2.24, 2.45) is 0 Å². The van der Waals surface area contributed by atoms with E-state index in [1.54, 1.807) is 24.5 Å². The van der Waals surface area contributed by atoms with Crippen molar-refractivity contribution in [3.63, 3.8) is 0 Å². The van der Waals surface area contributed by atoms with Crippen molar-refractivity contribution in [2.75, 3.05) is 12.0 Å². The van der Waals surface area contributed by atoms with Crippen LogP contribution in [0.5, 0.6) is 5.75 Å². The third-order valence-corrected chi connectivity index (χ3v) is 17.1. The minimum Gasteiger partial charge on any atom is -0.495 e. The van der Waals surface area contributed by atoms with Crippen molar-refractivity contribution in [1.29, 1.82) is 5.26 Å². The minimum absolute atomic E-state index is 0.0418. The fourth-order valence-corrected chi connectivity index (χ4v) is 13.5. The zero-order valence-electron chi connectivity index (χ0n) is 40.2. The molecule has 1 N–H and O–H groups in total. The van der Waals surface area contributed by atoms with Crippen molar-refractivity contribution in [3.05, 3.63) is 160 Å². The number of benzene rings is 5. The molecule has 0 atom stereocenters. The molecule has 0 unspecified atom stereocenters. The molecular weight excluding hydrogens is 873 g/mol. The molecule has 0 amide bonds. The number of unbranched alkanes of at least 4 members (excludes halogenated alkanes) is 4. The van der Waals surface area contributed by atoms with Gasteiger partial charge in [0.2, 0.25) is 0 Å². The SMILES string of the molecule is CCCCC1(CCCC)c2ccccc2-c2ccc(N(c3ccc(-c4sc(-c5ccc(/C=C(\C#N)C(=O)O)s5)cc4OC)cc3)c3ccc4c(c3)C(CCCC)(CCCC)c3ccccc3-4)cc21. The standard InChI is InChI=1S/C61H62N2O3S2/c1-6-10-32-60(33-11-7-2)51-20-16-14-18-47(51)49-29-26-44(37-53(49)60)63(45-27-30-50-48-19-15-17-21-52(48)61(34-12-8-3,35-13-9-4)54(50)38-45)43-24-22-41(23-25-43)58-55(66-5)39-57(68-58)56-31-28-46(67-56)36-42(40-62)59(64)65/h14-31,36-39H,6-13,32-35H2,1-5H3,(H,64,65)/b42-36+. The monoisotopic (exact) mass is 934 g/mol. The van der Waals surface area contributed by atoms with E-state index in [9.17, 15) is 15.2 Å². The number of nitrogens with zero attached hydrogens (tertiary/aromatic N) is 2. The van der Waals surface area contributed by atoms with Gasteiger partial charge in [0.1, 0.15) is 17.4 Å². The molecule has 2 aliphatic carbocycles. The summed E-state index contributed by atoms with van der Waals surface area (Å²) in [5, 5.41) is 18.8. The average Bonchev–Trinajstić information content (AvgIpc) is 4.15. The van der Waals surface area contributed by atoms with Gasteiger partial charge in [-0.3, -0.25) is 0 Å². The van der Waals surface area contributed by atoms with E-state index < -0.39 is 5.97 Å². The smallest absolute Gasteiger partial charge is 0.346 e. The maximum atomic E-state index is 11.5. The fourth-order valence-electron chi connectivity index (χ4n) is 11.3. The zero-order valence-corrected chi connectivity index (χ0v) is 41.8. The summed E-state index contributed by atoms with van der Waals surface area (Å²) in [6.45, 7) is 9.29. The summed E-state index contributed by atoms with van der Waals surface area (Å²) in [4.78, 5) is 17.8. The summed E-state index contributed by atoms with van der Waals surface area (Å²) in [5.74, 6) is -0.446. The van der Waals surface area contributed by atoms with Gasteiger partial charge < -0.3 is 14.7 Å². The van der Waals surface area contributed by atoms with Crippen molar-refractivity contribution < 1.29 is 14.6 Å². The third-order valence-electron chi connectivity index (χ3n) is 14.7. The number of carboxylic acid groups (broad SMARTS) is 1. The number of aliphatic carboxylic acids is 1. The molecule has 346 valence electrons. The highest BCUT2D eigenvalue weighted by molar-refractivity contribution is 7.24. The number of methoxy groups -OCH3 is 1. The Labute approximate surface area is 411 Å². The second kappa shape index (κ2) is 20.2. The van der Waals surface area contributed by atoms with Gasteiger partial charge in [-0.25, -0.2) is 4.79 Å². The summed E-state index contributed by atoms with van der Waals surface area (Å²) in [7, 11) is 1.71. The van der Waals surface area contributed by atoms with Crippen LogP contribution in [0.3, 0.4) is 0 Å². The Morgan fingerprint density at radius 3 is 1.56 bits per heavy atom. The van der Waals surface area contributed by atoms with E-state index in [0.717, 1.165) is 83.0 Å². The molecule has 2 heterocycles. The number of anilines is 3. The molecule has 0 bridgehead atoms. The Hall–Kier alpha value is -6.20. The van der Waals surface area contributed by atoms with Crippen LogP contribution in [0.15, 0.2) is 133 Å². The number of hydrogen-bond acceptors (Lipinski definition) is 6. The maximum absolute atomic E-state index is 11.5. The summed E-state index contributed by atoms with van der Waals surface area (Å²) >= 11 is 3.11. The highest BCUT2D eigenvalue weighted by Crippen LogP contribution is 2.58. The van der Waals surface area contributed by atoms with Crippen LogP contribution in [0.4, 0.5) is 17.1 Å². The van der Waals surface area contributed by atoms with Crippen molar-refractivity contribution in [3.8, 4) is 54.3 Å². The second-order valence-electron chi connectivity index (χ2n) is 18.7. The summed E-state index contributed by atoms with van der Waals surface area (Å²) < 4.78 is 6.00. The van der Waals surface area contributed by atoms with Crippen molar-refractivity contribution in [1.82, 2.24) is 0 Å². The van der Waals surface area contributed by atoms with E-state index in [0.29, 0.717) is 4.88 Å². The van der Waals surface area contributed by atoms with Gasteiger partial charge in [-0.05, 0) is 130 Å². The van der Waals surface area contributed by atoms with E-state index >= 15 is 0 Å². The topological polar surface area (TPSA) is 73.6 Å². The van der Waals surface area contributed by atoms with Gasteiger partial charge in [0.25, 0.3) is 0 Å². The molecular formula is C61H62N2O3S2. The van der Waals surface area contributed by atoms with Crippen molar-refractivity contribution >= 4 is 51.8 Å².